The second-order valence-corrected chi connectivity index (χ2v) is 8.75. The summed E-state index contributed by atoms with van der Waals surface area (Å²) in [6.07, 6.45) is 2.53. The molecule has 0 amide bonds. The summed E-state index contributed by atoms with van der Waals surface area (Å²) in [6, 6.07) is 7.53. The van der Waals surface area contributed by atoms with Crippen molar-refractivity contribution in [3.05, 3.63) is 50.7 Å². The van der Waals surface area contributed by atoms with Crippen LogP contribution in [0.1, 0.15) is 43.5 Å². The van der Waals surface area contributed by atoms with Gasteiger partial charge in [-0.15, -0.1) is 10.2 Å². The van der Waals surface area contributed by atoms with E-state index in [9.17, 15) is 14.4 Å². The van der Waals surface area contributed by atoms with Crippen molar-refractivity contribution >= 4 is 23.4 Å². The third-order valence-electron chi connectivity index (χ3n) is 5.44. The molecule has 3 aromatic rings. The molecular formula is C23H30N6O4S. The maximum Gasteiger partial charge on any atom is 0.332 e. The number of aromatic nitrogens is 5. The lowest BCUT2D eigenvalue weighted by Crippen LogP contribution is -2.42. The summed E-state index contributed by atoms with van der Waals surface area (Å²) in [7, 11) is 2.96. The molecule has 182 valence electrons. The first-order valence-corrected chi connectivity index (χ1v) is 12.1. The lowest BCUT2D eigenvalue weighted by molar-refractivity contribution is 0.102. The highest BCUT2D eigenvalue weighted by Crippen LogP contribution is 2.27. The van der Waals surface area contributed by atoms with E-state index < -0.39 is 17.0 Å². The van der Waals surface area contributed by atoms with Crippen molar-refractivity contribution in [3.8, 4) is 17.1 Å². The van der Waals surface area contributed by atoms with E-state index in [1.165, 1.54) is 23.4 Å². The number of unbranched alkanes of at least 4 members (excludes halogenated alkanes) is 1. The molecule has 2 heterocycles. The zero-order valence-electron chi connectivity index (χ0n) is 19.9. The van der Waals surface area contributed by atoms with Crippen molar-refractivity contribution in [2.24, 2.45) is 7.05 Å². The summed E-state index contributed by atoms with van der Waals surface area (Å²) >= 11 is 1.19. The molecule has 2 aromatic heterocycles. The molecule has 0 bridgehead atoms. The summed E-state index contributed by atoms with van der Waals surface area (Å²) in [5, 5.41) is 9.22. The Hall–Kier alpha value is -3.34. The van der Waals surface area contributed by atoms with Crippen LogP contribution in [0.2, 0.25) is 0 Å². The van der Waals surface area contributed by atoms with Crippen LogP contribution in [-0.2, 0) is 20.1 Å². The summed E-state index contributed by atoms with van der Waals surface area (Å²) in [5.74, 6) is 0.831. The number of benzene rings is 1. The van der Waals surface area contributed by atoms with Crippen molar-refractivity contribution in [3.63, 3.8) is 0 Å². The molecule has 3 rings (SSSR count). The van der Waals surface area contributed by atoms with Crippen LogP contribution < -0.4 is 21.7 Å². The molecule has 0 aliphatic carbocycles. The van der Waals surface area contributed by atoms with Gasteiger partial charge in [0.25, 0.3) is 5.56 Å². The number of ether oxygens (including phenoxy) is 1. The number of methoxy groups -OCH3 is 1. The number of ketones is 1. The Morgan fingerprint density at radius 1 is 1.06 bits per heavy atom. The molecule has 0 radical (unpaired) electrons. The van der Waals surface area contributed by atoms with Crippen LogP contribution in [-0.4, -0.2) is 42.5 Å². The average molecular weight is 487 g/mol. The molecule has 0 spiro atoms. The topological polar surface area (TPSA) is 127 Å². The van der Waals surface area contributed by atoms with Crippen molar-refractivity contribution in [2.45, 2.75) is 51.4 Å². The number of nitrogens with two attached hydrogens (primary N) is 1. The largest absolute Gasteiger partial charge is 0.497 e. The molecule has 1 aromatic carbocycles. The Labute approximate surface area is 201 Å². The van der Waals surface area contributed by atoms with E-state index >= 15 is 0 Å². The van der Waals surface area contributed by atoms with E-state index in [0.717, 1.165) is 28.7 Å². The first-order valence-electron chi connectivity index (χ1n) is 11.2. The van der Waals surface area contributed by atoms with Gasteiger partial charge in [0, 0.05) is 25.7 Å². The molecular weight excluding hydrogens is 456 g/mol. The monoisotopic (exact) mass is 486 g/mol. The van der Waals surface area contributed by atoms with Gasteiger partial charge in [-0.05, 0) is 37.1 Å². The average Bonchev–Trinajstić information content (AvgIpc) is 3.25. The number of carbonyl (C=O) groups excluding carboxylic acids is 1. The fourth-order valence-electron chi connectivity index (χ4n) is 3.55. The van der Waals surface area contributed by atoms with Crippen molar-refractivity contribution < 1.29 is 9.53 Å². The molecule has 2 N–H and O–H groups in total. The van der Waals surface area contributed by atoms with E-state index in [4.69, 9.17) is 10.5 Å². The maximum absolute atomic E-state index is 13.1. The highest BCUT2D eigenvalue weighted by atomic mass is 32.2. The molecule has 0 aliphatic rings. The number of hydrogen-bond acceptors (Lipinski definition) is 8. The minimum Gasteiger partial charge on any atom is -0.497 e. The predicted octanol–water partition coefficient (Wildman–Crippen LogP) is 2.58. The highest BCUT2D eigenvalue weighted by Gasteiger charge is 2.23. The summed E-state index contributed by atoms with van der Waals surface area (Å²) in [6.45, 7) is 4.99. The van der Waals surface area contributed by atoms with E-state index in [-0.39, 0.29) is 17.1 Å². The van der Waals surface area contributed by atoms with E-state index in [1.54, 1.807) is 7.11 Å². The number of nitrogen functional groups attached to an aromatic ring is 1. The van der Waals surface area contributed by atoms with E-state index in [2.05, 4.69) is 17.1 Å². The van der Waals surface area contributed by atoms with Gasteiger partial charge in [-0.3, -0.25) is 18.7 Å². The number of thioether (sulfide) groups is 1. The van der Waals surface area contributed by atoms with Crippen LogP contribution in [0.4, 0.5) is 5.82 Å². The summed E-state index contributed by atoms with van der Waals surface area (Å²) < 4.78 is 9.40. The van der Waals surface area contributed by atoms with Gasteiger partial charge in [-0.25, -0.2) is 4.79 Å². The van der Waals surface area contributed by atoms with Crippen LogP contribution in [0.5, 0.6) is 5.75 Å². The van der Waals surface area contributed by atoms with E-state index in [1.807, 2.05) is 35.8 Å². The van der Waals surface area contributed by atoms with Crippen molar-refractivity contribution in [1.29, 1.82) is 0 Å². The number of carbonyl (C=O) groups is 1. The maximum atomic E-state index is 13.1. The Bertz CT molecular complexity index is 1280. The van der Waals surface area contributed by atoms with Crippen LogP contribution in [0.3, 0.4) is 0 Å². The summed E-state index contributed by atoms with van der Waals surface area (Å²) in [4.78, 5) is 38.1. The fraction of sp³-hybridized carbons (Fsp3) is 0.435. The Balaban J connectivity index is 1.91. The standard InChI is InChI=1S/C23H30N6O4S/c1-5-7-13-29-20(15-8-10-16(33-4)11-9-15)25-26-22(29)34-14-17(30)18-19(24)28(12-6-2)23(32)27(3)21(18)31/h8-11H,5-7,12-14,24H2,1-4H3. The van der Waals surface area contributed by atoms with Crippen LogP contribution in [0, 0.1) is 0 Å². The molecule has 0 unspecified atom stereocenters. The quantitative estimate of drug-likeness (QED) is 0.324. The predicted molar refractivity (Wildman–Crippen MR) is 133 cm³/mol. The number of nitrogens with zero attached hydrogens (tertiary/aromatic N) is 5. The van der Waals surface area contributed by atoms with Gasteiger partial charge in [0.2, 0.25) is 0 Å². The lowest BCUT2D eigenvalue weighted by atomic mass is 10.2. The minimum atomic E-state index is -0.688. The third-order valence-corrected chi connectivity index (χ3v) is 6.41. The Morgan fingerprint density at radius 3 is 2.38 bits per heavy atom. The zero-order chi connectivity index (χ0) is 24.8. The van der Waals surface area contributed by atoms with Crippen molar-refractivity contribution in [1.82, 2.24) is 23.9 Å². The van der Waals surface area contributed by atoms with Gasteiger partial charge in [0.1, 0.15) is 17.1 Å². The number of anilines is 1. The molecule has 0 fully saturated rings. The lowest BCUT2D eigenvalue weighted by Gasteiger charge is -2.14. The molecule has 0 saturated heterocycles. The second kappa shape index (κ2) is 11.2. The van der Waals surface area contributed by atoms with Gasteiger partial charge < -0.3 is 15.0 Å². The normalized spacial score (nSPS) is 11.1. The van der Waals surface area contributed by atoms with Crippen LogP contribution in [0.15, 0.2) is 39.0 Å². The van der Waals surface area contributed by atoms with Crippen molar-refractivity contribution in [2.75, 3.05) is 18.6 Å². The number of hydrogen-bond donors (Lipinski definition) is 1. The minimum absolute atomic E-state index is 0.0589. The molecule has 34 heavy (non-hydrogen) atoms. The summed E-state index contributed by atoms with van der Waals surface area (Å²) in [5.41, 5.74) is 5.58. The smallest absolute Gasteiger partial charge is 0.332 e. The second-order valence-electron chi connectivity index (χ2n) is 7.81. The number of rotatable bonds is 11. The van der Waals surface area contributed by atoms with Gasteiger partial charge in [0.15, 0.2) is 16.8 Å². The fourth-order valence-corrected chi connectivity index (χ4v) is 4.39. The van der Waals surface area contributed by atoms with Crippen LogP contribution >= 0.6 is 11.8 Å². The Kier molecular flexibility index (Phi) is 8.32. The first-order chi connectivity index (χ1) is 16.3. The molecule has 0 aliphatic heterocycles. The van der Waals surface area contributed by atoms with Gasteiger partial charge in [-0.2, -0.15) is 0 Å². The van der Waals surface area contributed by atoms with Crippen LogP contribution in [0.25, 0.3) is 11.4 Å². The Morgan fingerprint density at radius 2 is 1.76 bits per heavy atom. The SMILES string of the molecule is CCCCn1c(SCC(=O)c2c(N)n(CCC)c(=O)n(C)c2=O)nnc1-c1ccc(OC)cc1. The number of Topliss-reactive ketones (excluding diaryl/α,β-unsaturated/α-hetero) is 1. The van der Waals surface area contributed by atoms with Gasteiger partial charge >= 0.3 is 5.69 Å². The first kappa shape index (κ1) is 25.3. The molecule has 0 atom stereocenters. The van der Waals surface area contributed by atoms with Gasteiger partial charge in [0.05, 0.1) is 12.9 Å². The molecule has 11 heteroatoms. The highest BCUT2D eigenvalue weighted by molar-refractivity contribution is 7.99. The third kappa shape index (κ3) is 5.09. The zero-order valence-corrected chi connectivity index (χ0v) is 20.7. The van der Waals surface area contributed by atoms with E-state index in [0.29, 0.717) is 30.5 Å². The molecule has 10 nitrogen and oxygen atoms in total. The molecule has 0 saturated carbocycles. The van der Waals surface area contributed by atoms with Gasteiger partial charge in [-0.1, -0.05) is 32.0 Å².